The van der Waals surface area contributed by atoms with E-state index in [1.54, 1.807) is 4.90 Å². The minimum Gasteiger partial charge on any atom is -0.336 e. The van der Waals surface area contributed by atoms with Gasteiger partial charge in [-0.05, 0) is 32.0 Å². The maximum atomic E-state index is 13.6. The maximum absolute atomic E-state index is 13.6. The van der Waals surface area contributed by atoms with Crippen molar-refractivity contribution in [3.63, 3.8) is 0 Å². The van der Waals surface area contributed by atoms with Crippen molar-refractivity contribution in [3.05, 3.63) is 35.4 Å². The number of halogens is 2. The highest BCUT2D eigenvalue weighted by Crippen LogP contribution is 2.14. The lowest BCUT2D eigenvalue weighted by molar-refractivity contribution is 0.0659. The minimum absolute atomic E-state index is 0.0357. The molecule has 0 unspecified atom stereocenters. The number of carbonyl (C=O) groups is 2. The van der Waals surface area contributed by atoms with Gasteiger partial charge in [0.15, 0.2) is 0 Å². The van der Waals surface area contributed by atoms with Gasteiger partial charge in [0.1, 0.15) is 11.6 Å². The van der Waals surface area contributed by atoms with Crippen molar-refractivity contribution in [1.29, 1.82) is 0 Å². The molecule has 0 aliphatic carbocycles. The van der Waals surface area contributed by atoms with Crippen LogP contribution < -0.4 is 5.32 Å². The summed E-state index contributed by atoms with van der Waals surface area (Å²) in [5.74, 6) is -1.95. The Kier molecular flexibility index (Phi) is 4.95. The maximum Gasteiger partial charge on any atom is 0.317 e. The van der Waals surface area contributed by atoms with Crippen molar-refractivity contribution < 1.29 is 18.4 Å². The highest BCUT2D eigenvalue weighted by Gasteiger charge is 2.26. The van der Waals surface area contributed by atoms with E-state index < -0.39 is 17.5 Å². The highest BCUT2D eigenvalue weighted by molar-refractivity contribution is 5.94. The predicted octanol–water partition coefficient (Wildman–Crippen LogP) is 1.84. The number of benzene rings is 1. The first-order valence-electron chi connectivity index (χ1n) is 7.18. The molecule has 1 aromatic carbocycles. The molecule has 0 radical (unpaired) electrons. The normalized spacial score (nSPS) is 15.1. The molecular weight excluding hydrogens is 292 g/mol. The van der Waals surface area contributed by atoms with Crippen LogP contribution in [0.5, 0.6) is 0 Å². The summed E-state index contributed by atoms with van der Waals surface area (Å²) in [6.45, 7) is 5.04. The van der Waals surface area contributed by atoms with Crippen molar-refractivity contribution >= 4 is 11.9 Å². The first-order chi connectivity index (χ1) is 10.4. The molecule has 0 bridgehead atoms. The van der Waals surface area contributed by atoms with E-state index in [0.29, 0.717) is 26.2 Å². The molecule has 1 fully saturated rings. The smallest absolute Gasteiger partial charge is 0.317 e. The van der Waals surface area contributed by atoms with Gasteiger partial charge in [-0.25, -0.2) is 13.6 Å². The van der Waals surface area contributed by atoms with Crippen LogP contribution in [0.15, 0.2) is 18.2 Å². The highest BCUT2D eigenvalue weighted by atomic mass is 19.1. The van der Waals surface area contributed by atoms with Crippen LogP contribution in [0.1, 0.15) is 24.2 Å². The summed E-state index contributed by atoms with van der Waals surface area (Å²) in [6, 6.07) is 2.66. The molecule has 120 valence electrons. The van der Waals surface area contributed by atoms with E-state index in [0.717, 1.165) is 18.2 Å². The molecule has 1 heterocycles. The van der Waals surface area contributed by atoms with Gasteiger partial charge >= 0.3 is 6.03 Å². The number of urea groups is 1. The van der Waals surface area contributed by atoms with Crippen LogP contribution in [0, 0.1) is 11.6 Å². The second-order valence-corrected chi connectivity index (χ2v) is 5.51. The third-order valence-corrected chi connectivity index (χ3v) is 3.43. The van der Waals surface area contributed by atoms with Gasteiger partial charge < -0.3 is 15.1 Å². The van der Waals surface area contributed by atoms with Crippen LogP contribution in [0.4, 0.5) is 13.6 Å². The van der Waals surface area contributed by atoms with Crippen molar-refractivity contribution in [1.82, 2.24) is 15.1 Å². The molecule has 3 amide bonds. The van der Waals surface area contributed by atoms with Crippen molar-refractivity contribution in [3.8, 4) is 0 Å². The number of hydrogen-bond donors (Lipinski definition) is 1. The van der Waals surface area contributed by atoms with Gasteiger partial charge in [0.25, 0.3) is 5.91 Å². The predicted molar refractivity (Wildman–Crippen MR) is 77.5 cm³/mol. The molecule has 7 heteroatoms. The third kappa shape index (κ3) is 3.72. The lowest BCUT2D eigenvalue weighted by Gasteiger charge is -2.35. The van der Waals surface area contributed by atoms with Crippen LogP contribution in [0.3, 0.4) is 0 Å². The Bertz CT molecular complexity index is 570. The average Bonchev–Trinajstić information content (AvgIpc) is 2.48. The zero-order valence-electron chi connectivity index (χ0n) is 12.6. The van der Waals surface area contributed by atoms with Gasteiger partial charge in [-0.2, -0.15) is 0 Å². The van der Waals surface area contributed by atoms with Gasteiger partial charge in [0.2, 0.25) is 0 Å². The van der Waals surface area contributed by atoms with Crippen LogP contribution in [0.2, 0.25) is 0 Å². The lowest BCUT2D eigenvalue weighted by Crippen LogP contribution is -2.54. The molecule has 2 rings (SSSR count). The Labute approximate surface area is 127 Å². The Balaban J connectivity index is 1.98. The van der Waals surface area contributed by atoms with Crippen LogP contribution in [-0.4, -0.2) is 54.0 Å². The van der Waals surface area contributed by atoms with Crippen molar-refractivity contribution in [2.24, 2.45) is 0 Å². The molecule has 5 nitrogen and oxygen atoms in total. The van der Waals surface area contributed by atoms with Gasteiger partial charge in [0, 0.05) is 32.2 Å². The number of carbonyl (C=O) groups excluding carboxylic acids is 2. The Morgan fingerprint density at radius 2 is 1.68 bits per heavy atom. The summed E-state index contributed by atoms with van der Waals surface area (Å²) in [6.07, 6.45) is 0. The average molecular weight is 311 g/mol. The SMILES string of the molecule is CC(C)NC(=O)N1CCN(C(=O)c2cc(F)ccc2F)CC1. The molecule has 1 aliphatic rings. The quantitative estimate of drug-likeness (QED) is 0.906. The van der Waals surface area contributed by atoms with Gasteiger partial charge in [-0.1, -0.05) is 0 Å². The summed E-state index contributed by atoms with van der Waals surface area (Å²) in [5.41, 5.74) is -0.278. The first-order valence-corrected chi connectivity index (χ1v) is 7.18. The zero-order valence-corrected chi connectivity index (χ0v) is 12.6. The van der Waals surface area contributed by atoms with Crippen LogP contribution >= 0.6 is 0 Å². The van der Waals surface area contributed by atoms with E-state index in [9.17, 15) is 18.4 Å². The molecule has 1 saturated heterocycles. The summed E-state index contributed by atoms with van der Waals surface area (Å²) < 4.78 is 26.8. The molecule has 0 atom stereocenters. The molecule has 22 heavy (non-hydrogen) atoms. The number of piperazine rings is 1. The summed E-state index contributed by atoms with van der Waals surface area (Å²) in [7, 11) is 0. The van der Waals surface area contributed by atoms with Crippen LogP contribution in [0.25, 0.3) is 0 Å². The number of nitrogens with zero attached hydrogens (tertiary/aromatic N) is 2. The second kappa shape index (κ2) is 6.72. The fourth-order valence-corrected chi connectivity index (χ4v) is 2.28. The summed E-state index contributed by atoms with van der Waals surface area (Å²) in [4.78, 5) is 27.1. The second-order valence-electron chi connectivity index (χ2n) is 5.51. The Hall–Kier alpha value is -2.18. The van der Waals surface area contributed by atoms with Crippen molar-refractivity contribution in [2.75, 3.05) is 26.2 Å². The molecule has 0 aromatic heterocycles. The van der Waals surface area contributed by atoms with E-state index in [1.165, 1.54) is 4.90 Å². The van der Waals surface area contributed by atoms with E-state index in [1.807, 2.05) is 13.8 Å². The molecule has 1 N–H and O–H groups in total. The molecule has 0 spiro atoms. The first kappa shape index (κ1) is 16.2. The fourth-order valence-electron chi connectivity index (χ4n) is 2.28. The van der Waals surface area contributed by atoms with E-state index in [4.69, 9.17) is 0 Å². The van der Waals surface area contributed by atoms with Gasteiger partial charge in [-0.15, -0.1) is 0 Å². The molecule has 1 aromatic rings. The van der Waals surface area contributed by atoms with E-state index in [2.05, 4.69) is 5.32 Å². The van der Waals surface area contributed by atoms with Gasteiger partial charge in [-0.3, -0.25) is 4.79 Å². The van der Waals surface area contributed by atoms with E-state index >= 15 is 0 Å². The van der Waals surface area contributed by atoms with Gasteiger partial charge in [0.05, 0.1) is 5.56 Å². The summed E-state index contributed by atoms with van der Waals surface area (Å²) in [5, 5.41) is 2.78. The summed E-state index contributed by atoms with van der Waals surface area (Å²) >= 11 is 0. The van der Waals surface area contributed by atoms with E-state index in [-0.39, 0.29) is 17.6 Å². The molecular formula is C15H19F2N3O2. The molecule has 0 saturated carbocycles. The third-order valence-electron chi connectivity index (χ3n) is 3.43. The van der Waals surface area contributed by atoms with Crippen LogP contribution in [-0.2, 0) is 0 Å². The Morgan fingerprint density at radius 3 is 2.27 bits per heavy atom. The zero-order chi connectivity index (χ0) is 16.3. The van der Waals surface area contributed by atoms with Crippen molar-refractivity contribution in [2.45, 2.75) is 19.9 Å². The number of amides is 3. The number of nitrogens with one attached hydrogen (secondary N) is 1. The standard InChI is InChI=1S/C15H19F2N3O2/c1-10(2)18-15(22)20-7-5-19(6-8-20)14(21)12-9-11(16)3-4-13(12)17/h3-4,9-10H,5-8H2,1-2H3,(H,18,22). The largest absolute Gasteiger partial charge is 0.336 e. The molecule has 1 aliphatic heterocycles. The number of hydrogen-bond acceptors (Lipinski definition) is 2. The minimum atomic E-state index is -0.744. The topological polar surface area (TPSA) is 52.7 Å². The number of rotatable bonds is 2. The monoisotopic (exact) mass is 311 g/mol. The fraction of sp³-hybridized carbons (Fsp3) is 0.467. The lowest BCUT2D eigenvalue weighted by atomic mass is 10.1. The Morgan fingerprint density at radius 1 is 1.09 bits per heavy atom.